The van der Waals surface area contributed by atoms with Crippen molar-refractivity contribution < 1.29 is 4.79 Å². The van der Waals surface area contributed by atoms with Crippen molar-refractivity contribution in [3.05, 3.63) is 58.5 Å². The highest BCUT2D eigenvalue weighted by molar-refractivity contribution is 8.00. The highest BCUT2D eigenvalue weighted by Gasteiger charge is 2.09. The predicted octanol–water partition coefficient (Wildman–Crippen LogP) is 2.92. The third-order valence-corrected chi connectivity index (χ3v) is 4.96. The molecule has 0 aliphatic heterocycles. The molecule has 0 aliphatic rings. The lowest BCUT2D eigenvalue weighted by molar-refractivity contribution is -0.113. The number of carbonyl (C=O) groups is 1. The van der Waals surface area contributed by atoms with Gasteiger partial charge >= 0.3 is 5.69 Å². The van der Waals surface area contributed by atoms with Gasteiger partial charge in [0.2, 0.25) is 5.91 Å². The first-order valence-corrected chi connectivity index (χ1v) is 8.59. The number of benzene rings is 2. The lowest BCUT2D eigenvalue weighted by Gasteiger charge is -2.06. The second-order valence-electron chi connectivity index (χ2n) is 5.75. The lowest BCUT2D eigenvalue weighted by atomic mass is 10.2. The molecular formula is C18H19N3O2S. The molecule has 0 fully saturated rings. The molecule has 1 aromatic heterocycles. The van der Waals surface area contributed by atoms with Gasteiger partial charge in [-0.25, -0.2) is 4.79 Å². The van der Waals surface area contributed by atoms with E-state index >= 15 is 0 Å². The SMILES string of the molecule is Cc1ccc(SCC(=O)Nc2ccc3c(c2)n(C)c(=O)n3C)cc1. The minimum absolute atomic E-state index is 0.0687. The Labute approximate surface area is 144 Å². The second kappa shape index (κ2) is 6.57. The first kappa shape index (κ1) is 16.4. The number of imidazole rings is 1. The van der Waals surface area contributed by atoms with Crippen molar-refractivity contribution in [1.29, 1.82) is 0 Å². The fraction of sp³-hybridized carbons (Fsp3) is 0.222. The molecule has 3 aromatic rings. The highest BCUT2D eigenvalue weighted by Crippen LogP contribution is 2.20. The van der Waals surface area contributed by atoms with Gasteiger partial charge in [0.25, 0.3) is 0 Å². The van der Waals surface area contributed by atoms with E-state index in [1.54, 1.807) is 23.2 Å². The van der Waals surface area contributed by atoms with Gasteiger partial charge in [-0.05, 0) is 37.3 Å². The largest absolute Gasteiger partial charge is 0.328 e. The van der Waals surface area contributed by atoms with Crippen molar-refractivity contribution in [2.24, 2.45) is 14.1 Å². The number of anilines is 1. The fourth-order valence-corrected chi connectivity index (χ4v) is 3.26. The van der Waals surface area contributed by atoms with Crippen LogP contribution in [-0.4, -0.2) is 20.8 Å². The molecule has 0 saturated carbocycles. The Kier molecular flexibility index (Phi) is 4.49. The molecule has 0 atom stereocenters. The molecule has 0 spiro atoms. The summed E-state index contributed by atoms with van der Waals surface area (Å²) in [4.78, 5) is 25.1. The van der Waals surface area contributed by atoms with Crippen LogP contribution in [0.5, 0.6) is 0 Å². The maximum absolute atomic E-state index is 12.1. The zero-order chi connectivity index (χ0) is 17.3. The summed E-state index contributed by atoms with van der Waals surface area (Å²) in [5.74, 6) is 0.273. The van der Waals surface area contributed by atoms with E-state index in [-0.39, 0.29) is 11.6 Å². The number of hydrogen-bond acceptors (Lipinski definition) is 3. The molecule has 1 N–H and O–H groups in total. The minimum atomic E-state index is -0.0802. The maximum atomic E-state index is 12.1. The summed E-state index contributed by atoms with van der Waals surface area (Å²) >= 11 is 1.50. The number of amides is 1. The van der Waals surface area contributed by atoms with Crippen LogP contribution in [0.2, 0.25) is 0 Å². The van der Waals surface area contributed by atoms with Gasteiger partial charge in [-0.3, -0.25) is 13.9 Å². The standard InChI is InChI=1S/C18H19N3O2S/c1-12-4-7-14(8-5-12)24-11-17(22)19-13-6-9-15-16(10-13)21(3)18(23)20(15)2/h4-10H,11H2,1-3H3,(H,19,22). The number of nitrogens with zero attached hydrogens (tertiary/aromatic N) is 2. The summed E-state index contributed by atoms with van der Waals surface area (Å²) in [6.45, 7) is 2.04. The van der Waals surface area contributed by atoms with Crippen molar-refractivity contribution in [2.75, 3.05) is 11.1 Å². The van der Waals surface area contributed by atoms with Crippen LogP contribution >= 0.6 is 11.8 Å². The van der Waals surface area contributed by atoms with E-state index in [9.17, 15) is 9.59 Å². The van der Waals surface area contributed by atoms with E-state index in [1.165, 1.54) is 17.3 Å². The van der Waals surface area contributed by atoms with Crippen LogP contribution in [0.4, 0.5) is 5.69 Å². The molecule has 0 unspecified atom stereocenters. The van der Waals surface area contributed by atoms with Gasteiger partial charge < -0.3 is 5.32 Å². The van der Waals surface area contributed by atoms with Gasteiger partial charge in [-0.2, -0.15) is 0 Å². The minimum Gasteiger partial charge on any atom is -0.325 e. The van der Waals surface area contributed by atoms with E-state index in [0.29, 0.717) is 11.4 Å². The summed E-state index contributed by atoms with van der Waals surface area (Å²) in [5, 5.41) is 2.89. The molecule has 1 heterocycles. The Morgan fingerprint density at radius 1 is 1.04 bits per heavy atom. The average Bonchev–Trinajstić information content (AvgIpc) is 2.79. The van der Waals surface area contributed by atoms with Gasteiger partial charge in [-0.1, -0.05) is 17.7 Å². The third kappa shape index (κ3) is 3.23. The van der Waals surface area contributed by atoms with Gasteiger partial charge in [-0.15, -0.1) is 11.8 Å². The van der Waals surface area contributed by atoms with Crippen molar-refractivity contribution in [3.63, 3.8) is 0 Å². The summed E-state index contributed by atoms with van der Waals surface area (Å²) < 4.78 is 3.17. The molecule has 124 valence electrons. The normalized spacial score (nSPS) is 11.0. The zero-order valence-electron chi connectivity index (χ0n) is 13.9. The number of nitrogens with one attached hydrogen (secondary N) is 1. The fourth-order valence-electron chi connectivity index (χ4n) is 2.56. The Morgan fingerprint density at radius 3 is 2.42 bits per heavy atom. The van der Waals surface area contributed by atoms with E-state index in [2.05, 4.69) is 5.32 Å². The van der Waals surface area contributed by atoms with E-state index in [1.807, 2.05) is 49.4 Å². The van der Waals surface area contributed by atoms with Crippen LogP contribution in [0.3, 0.4) is 0 Å². The number of carbonyl (C=O) groups excluding carboxylic acids is 1. The smallest absolute Gasteiger partial charge is 0.325 e. The second-order valence-corrected chi connectivity index (χ2v) is 6.80. The average molecular weight is 341 g/mol. The number of aryl methyl sites for hydroxylation is 3. The van der Waals surface area contributed by atoms with Crippen LogP contribution in [0.1, 0.15) is 5.56 Å². The Hall–Kier alpha value is -2.47. The van der Waals surface area contributed by atoms with Crippen LogP contribution < -0.4 is 11.0 Å². The highest BCUT2D eigenvalue weighted by atomic mass is 32.2. The molecule has 6 heteroatoms. The lowest BCUT2D eigenvalue weighted by Crippen LogP contribution is -2.19. The van der Waals surface area contributed by atoms with Crippen LogP contribution in [-0.2, 0) is 18.9 Å². The molecule has 1 amide bonds. The summed E-state index contributed by atoms with van der Waals surface area (Å²) in [6, 6.07) is 13.6. The quantitative estimate of drug-likeness (QED) is 0.743. The molecule has 0 saturated heterocycles. The van der Waals surface area contributed by atoms with E-state index < -0.39 is 0 Å². The first-order valence-electron chi connectivity index (χ1n) is 7.60. The van der Waals surface area contributed by atoms with Crippen molar-refractivity contribution >= 4 is 34.4 Å². The number of rotatable bonds is 4. The molecular weight excluding hydrogens is 322 g/mol. The Balaban J connectivity index is 1.70. The number of thioether (sulfide) groups is 1. The number of aromatic nitrogens is 2. The topological polar surface area (TPSA) is 56.0 Å². The zero-order valence-corrected chi connectivity index (χ0v) is 14.7. The number of fused-ring (bicyclic) bond motifs is 1. The van der Waals surface area contributed by atoms with Gasteiger partial charge in [0.1, 0.15) is 0 Å². The summed E-state index contributed by atoms with van der Waals surface area (Å²) in [6.07, 6.45) is 0. The van der Waals surface area contributed by atoms with Crippen LogP contribution in [0.25, 0.3) is 11.0 Å². The monoisotopic (exact) mass is 341 g/mol. The predicted molar refractivity (Wildman–Crippen MR) is 98.7 cm³/mol. The third-order valence-electron chi connectivity index (χ3n) is 3.95. The molecule has 3 rings (SSSR count). The van der Waals surface area contributed by atoms with Crippen LogP contribution in [0.15, 0.2) is 52.2 Å². The Bertz CT molecular complexity index is 955. The molecule has 0 bridgehead atoms. The number of hydrogen-bond donors (Lipinski definition) is 1. The Morgan fingerprint density at radius 2 is 1.71 bits per heavy atom. The summed E-state index contributed by atoms with van der Waals surface area (Å²) in [7, 11) is 3.46. The molecule has 2 aromatic carbocycles. The van der Waals surface area contributed by atoms with Crippen molar-refractivity contribution in [2.45, 2.75) is 11.8 Å². The first-order chi connectivity index (χ1) is 11.5. The summed E-state index contributed by atoms with van der Waals surface area (Å²) in [5.41, 5.74) is 3.45. The van der Waals surface area contributed by atoms with Gasteiger partial charge in [0.15, 0.2) is 0 Å². The van der Waals surface area contributed by atoms with Gasteiger partial charge in [0.05, 0.1) is 16.8 Å². The molecule has 24 heavy (non-hydrogen) atoms. The molecule has 0 aliphatic carbocycles. The van der Waals surface area contributed by atoms with Crippen molar-refractivity contribution in [3.8, 4) is 0 Å². The van der Waals surface area contributed by atoms with Gasteiger partial charge in [0, 0.05) is 24.7 Å². The molecule has 5 nitrogen and oxygen atoms in total. The molecule has 0 radical (unpaired) electrons. The van der Waals surface area contributed by atoms with Crippen molar-refractivity contribution in [1.82, 2.24) is 9.13 Å². The van der Waals surface area contributed by atoms with E-state index in [0.717, 1.165) is 15.9 Å². The van der Waals surface area contributed by atoms with E-state index in [4.69, 9.17) is 0 Å². The maximum Gasteiger partial charge on any atom is 0.328 e. The van der Waals surface area contributed by atoms with Crippen LogP contribution in [0, 0.1) is 6.92 Å².